The minimum atomic E-state index is 0.425. The molecule has 0 aromatic heterocycles. The summed E-state index contributed by atoms with van der Waals surface area (Å²) in [5.74, 6) is 0. The van der Waals surface area contributed by atoms with Crippen LogP contribution in [0.2, 0.25) is 0 Å². The molecule has 0 heterocycles. The topological polar surface area (TPSA) is 12.0 Å². The standard InChI is InChI=1S/C20H31N/c1-3-5-6-7-11-14-19(21-17-4-2)20(15-16-20)18-12-9-8-10-13-18/h3,8-10,12-13,19,21H,1,4-7,11,14-17H2,2H3. The van der Waals surface area contributed by atoms with Crippen molar-refractivity contribution in [1.82, 2.24) is 5.32 Å². The molecule has 0 spiro atoms. The van der Waals surface area contributed by atoms with E-state index in [9.17, 15) is 0 Å². The largest absolute Gasteiger partial charge is 0.313 e. The maximum Gasteiger partial charge on any atom is 0.0164 e. The van der Waals surface area contributed by atoms with Gasteiger partial charge in [0.05, 0.1) is 0 Å². The number of benzene rings is 1. The fourth-order valence-electron chi connectivity index (χ4n) is 3.45. The Morgan fingerprint density at radius 2 is 1.95 bits per heavy atom. The van der Waals surface area contributed by atoms with Gasteiger partial charge in [-0.1, -0.05) is 56.2 Å². The molecule has 1 unspecified atom stereocenters. The third kappa shape index (κ3) is 4.44. The minimum absolute atomic E-state index is 0.425. The summed E-state index contributed by atoms with van der Waals surface area (Å²) in [6.45, 7) is 7.22. The van der Waals surface area contributed by atoms with E-state index >= 15 is 0 Å². The molecule has 1 saturated carbocycles. The summed E-state index contributed by atoms with van der Waals surface area (Å²) in [4.78, 5) is 0. The average molecular weight is 285 g/mol. The van der Waals surface area contributed by atoms with Crippen LogP contribution in [0.3, 0.4) is 0 Å². The van der Waals surface area contributed by atoms with Crippen LogP contribution in [0, 0.1) is 0 Å². The third-order valence-corrected chi connectivity index (χ3v) is 4.85. The van der Waals surface area contributed by atoms with Crippen LogP contribution in [-0.2, 0) is 5.41 Å². The lowest BCUT2D eigenvalue weighted by atomic mass is 9.85. The fourth-order valence-corrected chi connectivity index (χ4v) is 3.45. The van der Waals surface area contributed by atoms with Gasteiger partial charge in [0.2, 0.25) is 0 Å². The molecule has 116 valence electrons. The van der Waals surface area contributed by atoms with Gasteiger partial charge in [-0.25, -0.2) is 0 Å². The highest BCUT2D eigenvalue weighted by molar-refractivity contribution is 5.33. The normalized spacial score (nSPS) is 17.4. The van der Waals surface area contributed by atoms with Gasteiger partial charge in [-0.15, -0.1) is 6.58 Å². The van der Waals surface area contributed by atoms with E-state index in [-0.39, 0.29) is 0 Å². The molecule has 21 heavy (non-hydrogen) atoms. The summed E-state index contributed by atoms with van der Waals surface area (Å²) < 4.78 is 0. The zero-order chi connectivity index (χ0) is 15.0. The van der Waals surface area contributed by atoms with Crippen molar-refractivity contribution in [3.8, 4) is 0 Å². The van der Waals surface area contributed by atoms with Crippen molar-refractivity contribution in [3.63, 3.8) is 0 Å². The maximum absolute atomic E-state index is 3.84. The fraction of sp³-hybridized carbons (Fsp3) is 0.600. The van der Waals surface area contributed by atoms with Gasteiger partial charge in [-0.2, -0.15) is 0 Å². The van der Waals surface area contributed by atoms with Crippen LogP contribution in [-0.4, -0.2) is 12.6 Å². The van der Waals surface area contributed by atoms with Crippen LogP contribution < -0.4 is 5.32 Å². The van der Waals surface area contributed by atoms with E-state index in [0.29, 0.717) is 11.5 Å². The van der Waals surface area contributed by atoms with Crippen LogP contribution in [0.5, 0.6) is 0 Å². The monoisotopic (exact) mass is 285 g/mol. The lowest BCUT2D eigenvalue weighted by Crippen LogP contribution is -2.40. The summed E-state index contributed by atoms with van der Waals surface area (Å²) >= 11 is 0. The predicted molar refractivity (Wildman–Crippen MR) is 92.7 cm³/mol. The Bertz CT molecular complexity index is 405. The second-order valence-electron chi connectivity index (χ2n) is 6.46. The van der Waals surface area contributed by atoms with Crippen LogP contribution in [0.25, 0.3) is 0 Å². The first-order valence-electron chi connectivity index (χ1n) is 8.73. The maximum atomic E-state index is 3.84. The first kappa shape index (κ1) is 16.3. The van der Waals surface area contributed by atoms with Crippen molar-refractivity contribution < 1.29 is 0 Å². The molecule has 1 aliphatic rings. The summed E-state index contributed by atoms with van der Waals surface area (Å²) in [7, 11) is 0. The summed E-state index contributed by atoms with van der Waals surface area (Å²) in [6, 6.07) is 11.8. The summed E-state index contributed by atoms with van der Waals surface area (Å²) in [5, 5.41) is 3.84. The van der Waals surface area contributed by atoms with E-state index in [2.05, 4.69) is 49.2 Å². The van der Waals surface area contributed by atoms with Crippen molar-refractivity contribution in [3.05, 3.63) is 48.6 Å². The van der Waals surface area contributed by atoms with Gasteiger partial charge in [-0.05, 0) is 50.6 Å². The number of unbranched alkanes of at least 4 members (excludes halogenated alkanes) is 3. The van der Waals surface area contributed by atoms with Crippen LogP contribution in [0.15, 0.2) is 43.0 Å². The highest BCUT2D eigenvalue weighted by atomic mass is 14.9. The minimum Gasteiger partial charge on any atom is -0.313 e. The SMILES string of the molecule is C=CCCCCCC(NCCC)C1(c2ccccc2)CC1. The zero-order valence-electron chi connectivity index (χ0n) is 13.6. The number of hydrogen-bond donors (Lipinski definition) is 1. The van der Waals surface area contributed by atoms with Gasteiger partial charge in [-0.3, -0.25) is 0 Å². The molecular formula is C20H31N. The molecule has 0 bridgehead atoms. The van der Waals surface area contributed by atoms with Gasteiger partial charge >= 0.3 is 0 Å². The van der Waals surface area contributed by atoms with E-state index in [1.54, 1.807) is 5.56 Å². The first-order chi connectivity index (χ1) is 10.3. The Balaban J connectivity index is 1.93. The molecule has 1 aromatic carbocycles. The Labute approximate surface area is 130 Å². The van der Waals surface area contributed by atoms with E-state index < -0.39 is 0 Å². The van der Waals surface area contributed by atoms with Crippen LogP contribution in [0.4, 0.5) is 0 Å². The molecule has 1 aromatic rings. The van der Waals surface area contributed by atoms with Gasteiger partial charge in [0, 0.05) is 11.5 Å². The lowest BCUT2D eigenvalue weighted by molar-refractivity contribution is 0.378. The Morgan fingerprint density at radius 3 is 2.57 bits per heavy atom. The van der Waals surface area contributed by atoms with Gasteiger partial charge in [0.15, 0.2) is 0 Å². The lowest BCUT2D eigenvalue weighted by Gasteiger charge is -2.29. The number of rotatable bonds is 11. The van der Waals surface area contributed by atoms with E-state index in [4.69, 9.17) is 0 Å². The predicted octanol–water partition coefficient (Wildman–Crippen LogP) is 5.22. The highest BCUT2D eigenvalue weighted by Crippen LogP contribution is 2.52. The molecule has 1 atom stereocenters. The smallest absolute Gasteiger partial charge is 0.0164 e. The Kier molecular flexibility index (Phi) is 6.50. The first-order valence-corrected chi connectivity index (χ1v) is 8.73. The van der Waals surface area contributed by atoms with Crippen LogP contribution in [0.1, 0.15) is 63.9 Å². The Morgan fingerprint density at radius 1 is 1.19 bits per heavy atom. The molecule has 1 heteroatoms. The second-order valence-corrected chi connectivity index (χ2v) is 6.46. The molecule has 1 fully saturated rings. The number of nitrogens with one attached hydrogen (secondary N) is 1. The third-order valence-electron chi connectivity index (χ3n) is 4.85. The zero-order valence-corrected chi connectivity index (χ0v) is 13.6. The quantitative estimate of drug-likeness (QED) is 0.434. The highest BCUT2D eigenvalue weighted by Gasteiger charge is 2.49. The Hall–Kier alpha value is -1.08. The van der Waals surface area contributed by atoms with Crippen molar-refractivity contribution in [2.24, 2.45) is 0 Å². The summed E-state index contributed by atoms with van der Waals surface area (Å²) in [6.07, 6.45) is 12.4. The molecule has 1 N–H and O–H groups in total. The van der Waals surface area contributed by atoms with Crippen molar-refractivity contribution >= 4 is 0 Å². The van der Waals surface area contributed by atoms with Gasteiger partial charge in [0.25, 0.3) is 0 Å². The molecular weight excluding hydrogens is 254 g/mol. The molecule has 1 aliphatic carbocycles. The van der Waals surface area contributed by atoms with E-state index in [0.717, 1.165) is 13.0 Å². The van der Waals surface area contributed by atoms with Crippen molar-refractivity contribution in [1.29, 1.82) is 0 Å². The van der Waals surface area contributed by atoms with E-state index in [1.807, 2.05) is 6.08 Å². The molecule has 0 aliphatic heterocycles. The molecule has 0 radical (unpaired) electrons. The average Bonchev–Trinajstić information content (AvgIpc) is 3.33. The number of allylic oxidation sites excluding steroid dienone is 1. The second kappa shape index (κ2) is 8.38. The van der Waals surface area contributed by atoms with E-state index in [1.165, 1.54) is 44.9 Å². The van der Waals surface area contributed by atoms with Crippen LogP contribution >= 0.6 is 0 Å². The molecule has 2 rings (SSSR count). The summed E-state index contributed by atoms with van der Waals surface area (Å²) in [5.41, 5.74) is 1.97. The van der Waals surface area contributed by atoms with Gasteiger partial charge in [0.1, 0.15) is 0 Å². The molecule has 1 nitrogen and oxygen atoms in total. The molecule has 0 amide bonds. The molecule has 0 saturated heterocycles. The van der Waals surface area contributed by atoms with Crippen molar-refractivity contribution in [2.45, 2.75) is 69.7 Å². The van der Waals surface area contributed by atoms with Crippen molar-refractivity contribution in [2.75, 3.05) is 6.54 Å². The number of hydrogen-bond acceptors (Lipinski definition) is 1. The van der Waals surface area contributed by atoms with Gasteiger partial charge < -0.3 is 5.32 Å².